The van der Waals surface area contributed by atoms with Gasteiger partial charge in [-0.15, -0.1) is 0 Å². The van der Waals surface area contributed by atoms with E-state index in [1.807, 2.05) is 26.8 Å². The Labute approximate surface area is 175 Å². The number of para-hydroxylation sites is 1. The lowest BCUT2D eigenvalue weighted by Crippen LogP contribution is -2.32. The number of hydrogen-bond acceptors (Lipinski definition) is 6. The zero-order valence-corrected chi connectivity index (χ0v) is 18.1. The third kappa shape index (κ3) is 3.87. The zero-order valence-electron chi connectivity index (χ0n) is 18.1. The number of fused-ring (bicyclic) bond motifs is 1. The SMILES string of the molecule is COc1cc(-c2nc3ccccc3c(=O)n2CC(=O)C(C)(C)C)cc(OC)c1OC. The molecule has 0 bridgehead atoms. The number of carbonyl (C=O) groups is 1. The largest absolute Gasteiger partial charge is 0.493 e. The maximum atomic E-state index is 13.3. The van der Waals surface area contributed by atoms with Crippen LogP contribution in [0.5, 0.6) is 17.2 Å². The van der Waals surface area contributed by atoms with Gasteiger partial charge >= 0.3 is 0 Å². The second kappa shape index (κ2) is 8.18. The molecule has 0 unspecified atom stereocenters. The van der Waals surface area contributed by atoms with Gasteiger partial charge in [-0.05, 0) is 24.3 Å². The minimum absolute atomic E-state index is 0.0737. The normalized spacial score (nSPS) is 11.4. The molecule has 7 heteroatoms. The highest BCUT2D eigenvalue weighted by atomic mass is 16.5. The lowest BCUT2D eigenvalue weighted by molar-refractivity contribution is -0.126. The molecule has 0 aliphatic rings. The van der Waals surface area contributed by atoms with Crippen molar-refractivity contribution in [1.82, 2.24) is 9.55 Å². The third-order valence-electron chi connectivity index (χ3n) is 4.92. The molecule has 0 fully saturated rings. The summed E-state index contributed by atoms with van der Waals surface area (Å²) in [7, 11) is 4.56. The average molecular weight is 410 g/mol. The molecular weight excluding hydrogens is 384 g/mol. The van der Waals surface area contributed by atoms with Gasteiger partial charge in [-0.3, -0.25) is 14.2 Å². The van der Waals surface area contributed by atoms with E-state index in [1.165, 1.54) is 25.9 Å². The second-order valence-corrected chi connectivity index (χ2v) is 7.93. The van der Waals surface area contributed by atoms with E-state index in [1.54, 1.807) is 30.3 Å². The minimum Gasteiger partial charge on any atom is -0.493 e. The summed E-state index contributed by atoms with van der Waals surface area (Å²) in [5.74, 6) is 1.58. The molecule has 0 aliphatic carbocycles. The molecule has 2 aromatic carbocycles. The molecule has 3 aromatic rings. The Morgan fingerprint density at radius 1 is 1.00 bits per heavy atom. The van der Waals surface area contributed by atoms with Gasteiger partial charge in [0.2, 0.25) is 5.75 Å². The highest BCUT2D eigenvalue weighted by molar-refractivity contribution is 5.85. The van der Waals surface area contributed by atoms with Crippen LogP contribution in [0.15, 0.2) is 41.2 Å². The van der Waals surface area contributed by atoms with Crippen molar-refractivity contribution in [2.75, 3.05) is 21.3 Å². The number of benzene rings is 2. The molecule has 0 spiro atoms. The molecule has 0 aliphatic heterocycles. The number of ketones is 1. The Hall–Kier alpha value is -3.35. The molecule has 0 saturated carbocycles. The maximum Gasteiger partial charge on any atom is 0.262 e. The van der Waals surface area contributed by atoms with E-state index >= 15 is 0 Å². The Balaban J connectivity index is 2.33. The van der Waals surface area contributed by atoms with Gasteiger partial charge < -0.3 is 14.2 Å². The number of nitrogens with zero attached hydrogens (tertiary/aromatic N) is 2. The van der Waals surface area contributed by atoms with Crippen LogP contribution < -0.4 is 19.8 Å². The van der Waals surface area contributed by atoms with Crippen LogP contribution in [0.2, 0.25) is 0 Å². The summed E-state index contributed by atoms with van der Waals surface area (Å²) < 4.78 is 17.7. The van der Waals surface area contributed by atoms with Crippen molar-refractivity contribution >= 4 is 16.7 Å². The number of methoxy groups -OCH3 is 3. The van der Waals surface area contributed by atoms with E-state index in [0.29, 0.717) is 39.5 Å². The van der Waals surface area contributed by atoms with E-state index in [-0.39, 0.29) is 17.9 Å². The number of aromatic nitrogens is 2. The third-order valence-corrected chi connectivity index (χ3v) is 4.92. The van der Waals surface area contributed by atoms with Gasteiger partial charge in [0.05, 0.1) is 38.8 Å². The summed E-state index contributed by atoms with van der Waals surface area (Å²) in [5.41, 5.74) is 0.249. The van der Waals surface area contributed by atoms with E-state index < -0.39 is 5.41 Å². The van der Waals surface area contributed by atoms with E-state index in [0.717, 1.165) is 0 Å². The van der Waals surface area contributed by atoms with Crippen LogP contribution in [-0.4, -0.2) is 36.7 Å². The Bertz CT molecular complexity index is 1130. The molecule has 3 rings (SSSR count). The van der Waals surface area contributed by atoms with Gasteiger partial charge in [0, 0.05) is 11.0 Å². The van der Waals surface area contributed by atoms with Crippen LogP contribution in [-0.2, 0) is 11.3 Å². The molecule has 0 N–H and O–H groups in total. The average Bonchev–Trinajstić information content (AvgIpc) is 2.73. The quantitative estimate of drug-likeness (QED) is 0.616. The van der Waals surface area contributed by atoms with E-state index in [2.05, 4.69) is 0 Å². The molecule has 30 heavy (non-hydrogen) atoms. The van der Waals surface area contributed by atoms with Gasteiger partial charge in [0.1, 0.15) is 5.82 Å². The predicted octanol–water partition coefficient (Wildman–Crippen LogP) is 3.70. The first-order chi connectivity index (χ1) is 14.2. The first kappa shape index (κ1) is 21.4. The fourth-order valence-electron chi connectivity index (χ4n) is 3.13. The number of carbonyl (C=O) groups excluding carboxylic acids is 1. The van der Waals surface area contributed by atoms with Gasteiger partial charge in [0.15, 0.2) is 17.3 Å². The molecule has 0 radical (unpaired) electrons. The topological polar surface area (TPSA) is 79.7 Å². The monoisotopic (exact) mass is 410 g/mol. The van der Waals surface area contributed by atoms with Gasteiger partial charge in [-0.25, -0.2) is 4.98 Å². The minimum atomic E-state index is -0.600. The number of rotatable bonds is 6. The van der Waals surface area contributed by atoms with Crippen molar-refractivity contribution in [2.24, 2.45) is 5.41 Å². The standard InChI is InChI=1S/C23H26N2O5/c1-23(2,3)19(26)13-25-21(24-16-10-8-7-9-15(16)22(25)27)14-11-17(28-4)20(30-6)18(12-14)29-5/h7-12H,13H2,1-6H3. The fraction of sp³-hybridized carbons (Fsp3) is 0.348. The molecule has 0 amide bonds. The lowest BCUT2D eigenvalue weighted by Gasteiger charge is -2.20. The Morgan fingerprint density at radius 2 is 1.60 bits per heavy atom. The van der Waals surface area contributed by atoms with Crippen LogP contribution in [0, 0.1) is 5.41 Å². The highest BCUT2D eigenvalue weighted by Crippen LogP contribution is 2.40. The van der Waals surface area contributed by atoms with Crippen molar-refractivity contribution < 1.29 is 19.0 Å². The zero-order chi connectivity index (χ0) is 22.1. The maximum absolute atomic E-state index is 13.3. The van der Waals surface area contributed by atoms with Gasteiger partial charge in [0.25, 0.3) is 5.56 Å². The fourth-order valence-corrected chi connectivity index (χ4v) is 3.13. The summed E-state index contributed by atoms with van der Waals surface area (Å²) in [4.78, 5) is 30.8. The molecule has 158 valence electrons. The van der Waals surface area contributed by atoms with Crippen LogP contribution in [0.25, 0.3) is 22.3 Å². The number of ether oxygens (including phenoxy) is 3. The number of Topliss-reactive ketones (excluding diaryl/α,β-unsaturated/α-hetero) is 1. The van der Waals surface area contributed by atoms with Crippen molar-refractivity contribution in [3.05, 3.63) is 46.8 Å². The lowest BCUT2D eigenvalue weighted by atomic mass is 9.90. The molecule has 0 atom stereocenters. The summed E-state index contributed by atoms with van der Waals surface area (Å²) in [6.07, 6.45) is 0. The van der Waals surface area contributed by atoms with Crippen molar-refractivity contribution in [3.8, 4) is 28.6 Å². The smallest absolute Gasteiger partial charge is 0.262 e. The first-order valence-electron chi connectivity index (χ1n) is 9.54. The molecule has 0 saturated heterocycles. The number of hydrogen-bond donors (Lipinski definition) is 0. The second-order valence-electron chi connectivity index (χ2n) is 7.93. The van der Waals surface area contributed by atoms with Crippen molar-refractivity contribution in [1.29, 1.82) is 0 Å². The summed E-state index contributed by atoms with van der Waals surface area (Å²) in [5, 5.41) is 0.454. The Morgan fingerprint density at radius 3 is 2.13 bits per heavy atom. The summed E-state index contributed by atoms with van der Waals surface area (Å²) in [6, 6.07) is 10.5. The van der Waals surface area contributed by atoms with Crippen LogP contribution in [0.3, 0.4) is 0 Å². The Kier molecular flexibility index (Phi) is 5.82. The van der Waals surface area contributed by atoms with E-state index in [9.17, 15) is 9.59 Å². The summed E-state index contributed by atoms with van der Waals surface area (Å²) >= 11 is 0. The van der Waals surface area contributed by atoms with E-state index in [4.69, 9.17) is 19.2 Å². The molecular formula is C23H26N2O5. The first-order valence-corrected chi connectivity index (χ1v) is 9.54. The predicted molar refractivity (Wildman–Crippen MR) is 116 cm³/mol. The van der Waals surface area contributed by atoms with Crippen molar-refractivity contribution in [3.63, 3.8) is 0 Å². The highest BCUT2D eigenvalue weighted by Gasteiger charge is 2.25. The molecule has 1 aromatic heterocycles. The van der Waals surface area contributed by atoms with Crippen LogP contribution >= 0.6 is 0 Å². The summed E-state index contributed by atoms with van der Waals surface area (Å²) in [6.45, 7) is 5.39. The molecule has 7 nitrogen and oxygen atoms in total. The molecule has 1 heterocycles. The van der Waals surface area contributed by atoms with Gasteiger partial charge in [-0.1, -0.05) is 32.9 Å². The van der Waals surface area contributed by atoms with Gasteiger partial charge in [-0.2, -0.15) is 0 Å². The van der Waals surface area contributed by atoms with Crippen LogP contribution in [0.1, 0.15) is 20.8 Å². The van der Waals surface area contributed by atoms with Crippen molar-refractivity contribution in [2.45, 2.75) is 27.3 Å². The van der Waals surface area contributed by atoms with Crippen LogP contribution in [0.4, 0.5) is 0 Å².